The second kappa shape index (κ2) is 6.06. The summed E-state index contributed by atoms with van der Waals surface area (Å²) >= 11 is 0. The molecule has 2 rings (SSSR count). The fraction of sp³-hybridized carbons (Fsp3) is 0.533. The molecule has 0 spiro atoms. The van der Waals surface area contributed by atoms with Gasteiger partial charge in [-0.2, -0.15) is 0 Å². The lowest BCUT2D eigenvalue weighted by molar-refractivity contribution is -0.132. The van der Waals surface area contributed by atoms with Crippen LogP contribution in [-0.4, -0.2) is 37.0 Å². The first-order chi connectivity index (χ1) is 9.11. The van der Waals surface area contributed by atoms with Crippen LogP contribution in [0, 0.1) is 6.92 Å². The number of amides is 1. The van der Waals surface area contributed by atoms with Gasteiger partial charge in [0.25, 0.3) is 5.91 Å². The van der Waals surface area contributed by atoms with Crippen molar-refractivity contribution in [3.63, 3.8) is 0 Å². The number of benzene rings is 1. The van der Waals surface area contributed by atoms with Crippen molar-refractivity contribution in [2.75, 3.05) is 20.2 Å². The predicted molar refractivity (Wildman–Crippen MR) is 75.2 cm³/mol. The summed E-state index contributed by atoms with van der Waals surface area (Å²) in [7, 11) is 1.85. The smallest absolute Gasteiger partial charge is 0.260 e. The van der Waals surface area contributed by atoms with E-state index in [2.05, 4.69) is 6.07 Å². The van der Waals surface area contributed by atoms with E-state index in [1.165, 1.54) is 5.56 Å². The highest BCUT2D eigenvalue weighted by molar-refractivity contribution is 5.78. The highest BCUT2D eigenvalue weighted by atomic mass is 16.5. The second-order valence-corrected chi connectivity index (χ2v) is 5.17. The fourth-order valence-electron chi connectivity index (χ4n) is 2.11. The van der Waals surface area contributed by atoms with Crippen LogP contribution in [0.2, 0.25) is 0 Å². The van der Waals surface area contributed by atoms with Gasteiger partial charge in [-0.3, -0.25) is 4.79 Å². The monoisotopic (exact) mass is 262 g/mol. The minimum absolute atomic E-state index is 0.0433. The largest absolute Gasteiger partial charge is 0.483 e. The Morgan fingerprint density at radius 1 is 1.47 bits per heavy atom. The molecule has 1 aromatic rings. The molecule has 0 aliphatic heterocycles. The molecule has 104 valence electrons. The maximum absolute atomic E-state index is 11.9. The number of nitrogens with zero attached hydrogens (tertiary/aromatic N) is 1. The molecule has 0 radical (unpaired) electrons. The zero-order valence-electron chi connectivity index (χ0n) is 11.7. The third kappa shape index (κ3) is 3.70. The van der Waals surface area contributed by atoms with Crippen molar-refractivity contribution >= 4 is 5.91 Å². The summed E-state index contributed by atoms with van der Waals surface area (Å²) in [6.45, 7) is 2.72. The average Bonchev–Trinajstić information content (AvgIpc) is 3.21. The number of aryl methyl sites for hydroxylation is 1. The molecule has 0 heterocycles. The SMILES string of the molecule is Cc1ccc(OCC(=O)N(C)C2CC2)c(CCN)c1. The molecule has 0 atom stereocenters. The molecular weight excluding hydrogens is 240 g/mol. The number of hydrogen-bond acceptors (Lipinski definition) is 3. The normalized spacial score (nSPS) is 14.3. The molecule has 0 aromatic heterocycles. The molecule has 2 N–H and O–H groups in total. The first kappa shape index (κ1) is 13.9. The van der Waals surface area contributed by atoms with Gasteiger partial charge in [-0.1, -0.05) is 17.7 Å². The highest BCUT2D eigenvalue weighted by Gasteiger charge is 2.29. The van der Waals surface area contributed by atoms with E-state index in [9.17, 15) is 4.79 Å². The molecule has 0 bridgehead atoms. The Balaban J connectivity index is 1.96. The molecule has 1 fully saturated rings. The topological polar surface area (TPSA) is 55.6 Å². The quantitative estimate of drug-likeness (QED) is 0.845. The van der Waals surface area contributed by atoms with Crippen molar-refractivity contribution in [3.8, 4) is 5.75 Å². The molecule has 1 amide bonds. The van der Waals surface area contributed by atoms with Crippen LogP contribution in [0.25, 0.3) is 0 Å². The van der Waals surface area contributed by atoms with E-state index in [1.807, 2.05) is 26.1 Å². The van der Waals surface area contributed by atoms with Gasteiger partial charge in [-0.15, -0.1) is 0 Å². The number of likely N-dealkylation sites (N-methyl/N-ethyl adjacent to an activating group) is 1. The summed E-state index contributed by atoms with van der Waals surface area (Å²) in [5, 5.41) is 0. The maximum atomic E-state index is 11.9. The molecule has 1 aliphatic rings. The zero-order valence-corrected chi connectivity index (χ0v) is 11.7. The Labute approximate surface area is 114 Å². The van der Waals surface area contributed by atoms with Gasteiger partial charge < -0.3 is 15.4 Å². The van der Waals surface area contributed by atoms with Gasteiger partial charge in [0.15, 0.2) is 6.61 Å². The van der Waals surface area contributed by atoms with Crippen molar-refractivity contribution in [1.82, 2.24) is 4.90 Å². The first-order valence-electron chi connectivity index (χ1n) is 6.80. The van der Waals surface area contributed by atoms with E-state index in [4.69, 9.17) is 10.5 Å². The minimum Gasteiger partial charge on any atom is -0.483 e. The number of ether oxygens (including phenoxy) is 1. The Hall–Kier alpha value is -1.55. The van der Waals surface area contributed by atoms with E-state index < -0.39 is 0 Å². The average molecular weight is 262 g/mol. The van der Waals surface area contributed by atoms with Gasteiger partial charge in [0.1, 0.15) is 5.75 Å². The van der Waals surface area contributed by atoms with Crippen molar-refractivity contribution in [2.45, 2.75) is 32.2 Å². The van der Waals surface area contributed by atoms with E-state index in [1.54, 1.807) is 4.90 Å². The molecule has 1 aliphatic carbocycles. The number of hydrogen-bond donors (Lipinski definition) is 1. The highest BCUT2D eigenvalue weighted by Crippen LogP contribution is 2.26. The minimum atomic E-state index is 0.0433. The Morgan fingerprint density at radius 3 is 2.84 bits per heavy atom. The van der Waals surface area contributed by atoms with Gasteiger partial charge >= 0.3 is 0 Å². The van der Waals surface area contributed by atoms with E-state index in [0.717, 1.165) is 30.6 Å². The molecule has 1 saturated carbocycles. The second-order valence-electron chi connectivity index (χ2n) is 5.17. The lowest BCUT2D eigenvalue weighted by Gasteiger charge is -2.17. The van der Waals surface area contributed by atoms with Crippen LogP contribution in [0.1, 0.15) is 24.0 Å². The van der Waals surface area contributed by atoms with E-state index in [-0.39, 0.29) is 12.5 Å². The molecular formula is C15H22N2O2. The third-order valence-electron chi connectivity index (χ3n) is 3.47. The van der Waals surface area contributed by atoms with Crippen molar-refractivity contribution in [1.29, 1.82) is 0 Å². The summed E-state index contributed by atoms with van der Waals surface area (Å²) in [6.07, 6.45) is 3.00. The predicted octanol–water partition coefficient (Wildman–Crippen LogP) is 1.50. The summed E-state index contributed by atoms with van der Waals surface area (Å²) in [5.74, 6) is 0.815. The Bertz CT molecular complexity index is 455. The summed E-state index contributed by atoms with van der Waals surface area (Å²) in [5.41, 5.74) is 7.85. The molecule has 4 heteroatoms. The standard InChI is InChI=1S/C15H22N2O2/c1-11-3-6-14(12(9-11)7-8-16)19-10-15(18)17(2)13-4-5-13/h3,6,9,13H,4-5,7-8,10,16H2,1-2H3. The number of carbonyl (C=O) groups is 1. The molecule has 4 nitrogen and oxygen atoms in total. The molecule has 19 heavy (non-hydrogen) atoms. The summed E-state index contributed by atoms with van der Waals surface area (Å²) in [4.78, 5) is 13.7. The third-order valence-corrected chi connectivity index (χ3v) is 3.47. The van der Waals surface area contributed by atoms with E-state index >= 15 is 0 Å². The van der Waals surface area contributed by atoms with Gasteiger partial charge in [0.2, 0.25) is 0 Å². The van der Waals surface area contributed by atoms with Crippen LogP contribution < -0.4 is 10.5 Å². The zero-order chi connectivity index (χ0) is 13.8. The van der Waals surface area contributed by atoms with Crippen molar-refractivity contribution in [2.24, 2.45) is 5.73 Å². The van der Waals surface area contributed by atoms with Crippen molar-refractivity contribution in [3.05, 3.63) is 29.3 Å². The summed E-state index contributed by atoms with van der Waals surface area (Å²) < 4.78 is 5.66. The van der Waals surface area contributed by atoms with Gasteiger partial charge in [0.05, 0.1) is 0 Å². The maximum Gasteiger partial charge on any atom is 0.260 e. The Kier molecular flexibility index (Phi) is 4.43. The lowest BCUT2D eigenvalue weighted by atomic mass is 10.1. The van der Waals surface area contributed by atoms with Crippen LogP contribution in [0.3, 0.4) is 0 Å². The number of carbonyl (C=O) groups excluding carboxylic acids is 1. The fourth-order valence-corrected chi connectivity index (χ4v) is 2.11. The molecule has 0 saturated heterocycles. The van der Waals surface area contributed by atoms with Crippen molar-refractivity contribution < 1.29 is 9.53 Å². The van der Waals surface area contributed by atoms with Crippen LogP contribution in [0.5, 0.6) is 5.75 Å². The number of rotatable bonds is 6. The molecule has 0 unspecified atom stereocenters. The van der Waals surface area contributed by atoms with Crippen LogP contribution in [-0.2, 0) is 11.2 Å². The van der Waals surface area contributed by atoms with Gasteiger partial charge in [0, 0.05) is 13.1 Å². The van der Waals surface area contributed by atoms with Crippen LogP contribution >= 0.6 is 0 Å². The van der Waals surface area contributed by atoms with E-state index in [0.29, 0.717) is 12.6 Å². The van der Waals surface area contributed by atoms with Gasteiger partial charge in [-0.25, -0.2) is 0 Å². The van der Waals surface area contributed by atoms with Crippen LogP contribution in [0.15, 0.2) is 18.2 Å². The van der Waals surface area contributed by atoms with Gasteiger partial charge in [-0.05, 0) is 44.4 Å². The lowest BCUT2D eigenvalue weighted by Crippen LogP contribution is -2.33. The number of nitrogens with two attached hydrogens (primary N) is 1. The summed E-state index contributed by atoms with van der Waals surface area (Å²) in [6, 6.07) is 6.41. The first-order valence-corrected chi connectivity index (χ1v) is 6.80. The van der Waals surface area contributed by atoms with Crippen LogP contribution in [0.4, 0.5) is 0 Å². The Morgan fingerprint density at radius 2 is 2.21 bits per heavy atom. The molecule has 1 aromatic carbocycles.